The molecule has 0 fully saturated rings. The summed E-state index contributed by atoms with van der Waals surface area (Å²) in [6.07, 6.45) is 1.44. The summed E-state index contributed by atoms with van der Waals surface area (Å²) in [4.78, 5) is 11.4. The molecule has 1 amide bonds. The fourth-order valence-electron chi connectivity index (χ4n) is 1.09. The lowest BCUT2D eigenvalue weighted by molar-refractivity contribution is -0.113. The Balaban J connectivity index is 2.89. The number of nitrogens with one attached hydrogen (secondary N) is 1. The first-order valence-corrected chi connectivity index (χ1v) is 6.73. The number of hydrogen-bond donors (Lipinski definition) is 2. The molecule has 4 nitrogen and oxygen atoms in total. The van der Waals surface area contributed by atoms with E-state index in [4.69, 9.17) is 28.9 Å². The van der Waals surface area contributed by atoms with E-state index in [1.807, 2.05) is 0 Å². The zero-order chi connectivity index (χ0) is 12.3. The summed E-state index contributed by atoms with van der Waals surface area (Å²) in [7, 11) is -1.21. The highest BCUT2D eigenvalue weighted by Crippen LogP contribution is 2.31. The van der Waals surface area contributed by atoms with Gasteiger partial charge in [0.1, 0.15) is 5.75 Å². The first-order valence-electron chi connectivity index (χ1n) is 4.24. The Morgan fingerprint density at radius 2 is 2.12 bits per heavy atom. The number of nitrogen functional groups attached to an aromatic ring is 1. The average molecular weight is 281 g/mol. The molecule has 0 aliphatic carbocycles. The van der Waals surface area contributed by atoms with Gasteiger partial charge in [-0.25, -0.2) is 0 Å². The predicted molar refractivity (Wildman–Crippen MR) is 68.4 cm³/mol. The van der Waals surface area contributed by atoms with E-state index < -0.39 is 16.7 Å². The third kappa shape index (κ3) is 3.66. The maximum Gasteiger partial charge on any atom is 0.237 e. The molecule has 0 heterocycles. The predicted octanol–water partition coefficient (Wildman–Crippen LogP) is 1.89. The number of benzene rings is 1. The first-order chi connectivity index (χ1) is 7.40. The van der Waals surface area contributed by atoms with Crippen molar-refractivity contribution in [1.29, 1.82) is 0 Å². The maximum atomic E-state index is 11.4. The molecule has 0 bridgehead atoms. The van der Waals surface area contributed by atoms with Gasteiger partial charge in [-0.2, -0.15) is 0 Å². The van der Waals surface area contributed by atoms with Crippen molar-refractivity contribution in [2.24, 2.45) is 0 Å². The Morgan fingerprint density at radius 1 is 1.50 bits per heavy atom. The highest BCUT2D eigenvalue weighted by Gasteiger charge is 2.11. The molecule has 1 unspecified atom stereocenters. The molecule has 0 spiro atoms. The number of halogens is 2. The minimum Gasteiger partial charge on any atom is -0.397 e. The molecule has 0 aliphatic heterocycles. The highest BCUT2D eigenvalue weighted by atomic mass is 35.5. The smallest absolute Gasteiger partial charge is 0.237 e. The van der Waals surface area contributed by atoms with Crippen LogP contribution in [0.1, 0.15) is 0 Å². The summed E-state index contributed by atoms with van der Waals surface area (Å²) < 4.78 is 10.8. The van der Waals surface area contributed by atoms with E-state index in [0.29, 0.717) is 10.7 Å². The largest absolute Gasteiger partial charge is 0.397 e. The Labute approximate surface area is 106 Å². The summed E-state index contributed by atoms with van der Waals surface area (Å²) in [5.41, 5.74) is 6.21. The quantitative estimate of drug-likeness (QED) is 0.831. The van der Waals surface area contributed by atoms with Gasteiger partial charge in [0.2, 0.25) is 5.91 Å². The third-order valence-corrected chi connectivity index (χ3v) is 2.87. The molecule has 1 aromatic rings. The molecule has 3 N–H and O–H groups in total. The lowest BCUT2D eigenvalue weighted by Crippen LogP contribution is -2.19. The van der Waals surface area contributed by atoms with Crippen LogP contribution in [0.15, 0.2) is 12.1 Å². The van der Waals surface area contributed by atoms with Crippen LogP contribution in [0.5, 0.6) is 0 Å². The van der Waals surface area contributed by atoms with Crippen molar-refractivity contribution in [2.45, 2.75) is 0 Å². The monoisotopic (exact) mass is 280 g/mol. The molecule has 0 aliphatic rings. The number of nitrogens with two attached hydrogens (primary N) is 1. The van der Waals surface area contributed by atoms with E-state index in [9.17, 15) is 9.00 Å². The molecule has 1 rings (SSSR count). The van der Waals surface area contributed by atoms with Gasteiger partial charge in [0.15, 0.2) is 0 Å². The van der Waals surface area contributed by atoms with Crippen molar-refractivity contribution in [3.63, 3.8) is 0 Å². The molecule has 1 aromatic carbocycles. The number of amides is 1. The standard InChI is InChI=1S/C9H10Cl2N2O2S/c1-16(15)4-8(14)13-9-6(11)2-5(10)3-7(9)12/h2-3H,4,12H2,1H3,(H,13,14). The van der Waals surface area contributed by atoms with Crippen LogP contribution in [0, 0.1) is 0 Å². The number of carbonyl (C=O) groups is 1. The van der Waals surface area contributed by atoms with Gasteiger partial charge in [-0.15, -0.1) is 0 Å². The Hall–Kier alpha value is -0.780. The van der Waals surface area contributed by atoms with Crippen molar-refractivity contribution in [1.82, 2.24) is 0 Å². The van der Waals surface area contributed by atoms with Crippen LogP contribution in [-0.2, 0) is 15.6 Å². The highest BCUT2D eigenvalue weighted by molar-refractivity contribution is 7.85. The van der Waals surface area contributed by atoms with Gasteiger partial charge in [-0.05, 0) is 12.1 Å². The van der Waals surface area contributed by atoms with Crippen LogP contribution in [0.2, 0.25) is 10.0 Å². The number of carbonyl (C=O) groups excluding carboxylic acids is 1. The summed E-state index contributed by atoms with van der Waals surface area (Å²) in [6.45, 7) is 0. The summed E-state index contributed by atoms with van der Waals surface area (Å²) >= 11 is 11.6. The summed E-state index contributed by atoms with van der Waals surface area (Å²) in [5.74, 6) is -0.505. The molecule has 88 valence electrons. The number of rotatable bonds is 3. The van der Waals surface area contributed by atoms with Crippen molar-refractivity contribution in [3.05, 3.63) is 22.2 Å². The lowest BCUT2D eigenvalue weighted by Gasteiger charge is -2.09. The van der Waals surface area contributed by atoms with Crippen molar-refractivity contribution < 1.29 is 9.00 Å². The van der Waals surface area contributed by atoms with Gasteiger partial charge < -0.3 is 11.1 Å². The zero-order valence-electron chi connectivity index (χ0n) is 8.42. The van der Waals surface area contributed by atoms with E-state index in [1.165, 1.54) is 18.4 Å². The fraction of sp³-hybridized carbons (Fsp3) is 0.222. The topological polar surface area (TPSA) is 72.2 Å². The van der Waals surface area contributed by atoms with Gasteiger partial charge >= 0.3 is 0 Å². The molecule has 7 heteroatoms. The molecule has 0 aromatic heterocycles. The maximum absolute atomic E-state index is 11.4. The minimum atomic E-state index is -1.21. The molecular weight excluding hydrogens is 271 g/mol. The molecule has 1 atom stereocenters. The fourth-order valence-corrected chi connectivity index (χ4v) is 2.08. The van der Waals surface area contributed by atoms with Crippen LogP contribution < -0.4 is 11.1 Å². The van der Waals surface area contributed by atoms with E-state index in [-0.39, 0.29) is 16.5 Å². The van der Waals surface area contributed by atoms with Crippen LogP contribution >= 0.6 is 23.2 Å². The van der Waals surface area contributed by atoms with E-state index in [0.717, 1.165) is 0 Å². The molecule has 16 heavy (non-hydrogen) atoms. The normalized spacial score (nSPS) is 12.2. The molecular formula is C9H10Cl2N2O2S. The third-order valence-electron chi connectivity index (χ3n) is 1.68. The number of hydrogen-bond acceptors (Lipinski definition) is 3. The second-order valence-electron chi connectivity index (χ2n) is 3.12. The van der Waals surface area contributed by atoms with Crippen LogP contribution in [0.3, 0.4) is 0 Å². The van der Waals surface area contributed by atoms with Gasteiger partial charge in [0.05, 0.1) is 16.4 Å². The second-order valence-corrected chi connectivity index (χ2v) is 5.40. The van der Waals surface area contributed by atoms with E-state index in [1.54, 1.807) is 0 Å². The molecule has 0 saturated carbocycles. The Kier molecular flexibility index (Phi) is 4.58. The molecule has 0 saturated heterocycles. The summed E-state index contributed by atoms with van der Waals surface area (Å²) in [6, 6.07) is 2.95. The van der Waals surface area contributed by atoms with Gasteiger partial charge in [0, 0.05) is 22.1 Å². The first kappa shape index (κ1) is 13.3. The van der Waals surface area contributed by atoms with E-state index in [2.05, 4.69) is 5.32 Å². The minimum absolute atomic E-state index is 0.0988. The van der Waals surface area contributed by atoms with E-state index >= 15 is 0 Å². The Morgan fingerprint density at radius 3 is 2.62 bits per heavy atom. The van der Waals surface area contributed by atoms with Crippen molar-refractivity contribution in [2.75, 3.05) is 23.1 Å². The van der Waals surface area contributed by atoms with Crippen molar-refractivity contribution >= 4 is 51.3 Å². The second kappa shape index (κ2) is 5.52. The van der Waals surface area contributed by atoms with Crippen LogP contribution in [0.25, 0.3) is 0 Å². The number of anilines is 2. The van der Waals surface area contributed by atoms with Crippen LogP contribution in [-0.4, -0.2) is 22.1 Å². The SMILES string of the molecule is CS(=O)CC(=O)Nc1c(N)cc(Cl)cc1Cl. The zero-order valence-corrected chi connectivity index (χ0v) is 10.7. The van der Waals surface area contributed by atoms with Gasteiger partial charge in [-0.3, -0.25) is 9.00 Å². The Bertz CT molecular complexity index is 428. The molecule has 0 radical (unpaired) electrons. The van der Waals surface area contributed by atoms with Crippen molar-refractivity contribution in [3.8, 4) is 0 Å². The van der Waals surface area contributed by atoms with Gasteiger partial charge in [0.25, 0.3) is 0 Å². The average Bonchev–Trinajstić information content (AvgIpc) is 2.09. The van der Waals surface area contributed by atoms with Gasteiger partial charge in [-0.1, -0.05) is 23.2 Å². The summed E-state index contributed by atoms with van der Waals surface area (Å²) in [5, 5.41) is 3.13. The lowest BCUT2D eigenvalue weighted by atomic mass is 10.2. The van der Waals surface area contributed by atoms with Crippen LogP contribution in [0.4, 0.5) is 11.4 Å².